The summed E-state index contributed by atoms with van der Waals surface area (Å²) in [6.45, 7) is 0. The number of ether oxygens (including phenoxy) is 2. The highest BCUT2D eigenvalue weighted by atomic mass is 16.5. The van der Waals surface area contributed by atoms with Crippen LogP contribution in [0.3, 0.4) is 0 Å². The molecule has 3 heteroatoms. The predicted molar refractivity (Wildman–Crippen MR) is 62.8 cm³/mol. The van der Waals surface area contributed by atoms with Crippen LogP contribution in [0, 0.1) is 0 Å². The monoisotopic (exact) mass is 220 g/mol. The molecule has 1 aliphatic rings. The van der Waals surface area contributed by atoms with Gasteiger partial charge in [-0.25, -0.2) is 0 Å². The average Bonchev–Trinajstić information content (AvgIpc) is 2.75. The Morgan fingerprint density at radius 2 is 2.06 bits per heavy atom. The maximum Gasteiger partial charge on any atom is 0.126 e. The minimum atomic E-state index is -0.328. The summed E-state index contributed by atoms with van der Waals surface area (Å²) in [6, 6.07) is 5.71. The van der Waals surface area contributed by atoms with Crippen LogP contribution < -0.4 is 9.47 Å². The Bertz CT molecular complexity index is 410. The molecule has 2 rings (SSSR count). The lowest BCUT2D eigenvalue weighted by Gasteiger charge is -2.10. The van der Waals surface area contributed by atoms with Crippen molar-refractivity contribution in [3.63, 3.8) is 0 Å². The zero-order valence-electron chi connectivity index (χ0n) is 9.56. The SMILES string of the molecule is COc1ccc(OC)c(C2=CC(O)CC2)c1. The van der Waals surface area contributed by atoms with Crippen LogP contribution in [0.2, 0.25) is 0 Å². The second-order valence-corrected chi connectivity index (χ2v) is 3.86. The van der Waals surface area contributed by atoms with Crippen molar-refractivity contribution < 1.29 is 14.6 Å². The van der Waals surface area contributed by atoms with E-state index in [4.69, 9.17) is 9.47 Å². The van der Waals surface area contributed by atoms with Gasteiger partial charge >= 0.3 is 0 Å². The van der Waals surface area contributed by atoms with Crippen molar-refractivity contribution in [3.05, 3.63) is 29.8 Å². The number of aliphatic hydroxyl groups is 1. The average molecular weight is 220 g/mol. The lowest BCUT2D eigenvalue weighted by atomic mass is 10.0. The summed E-state index contributed by atoms with van der Waals surface area (Å²) in [4.78, 5) is 0. The molecule has 0 spiro atoms. The quantitative estimate of drug-likeness (QED) is 0.849. The maximum absolute atomic E-state index is 9.50. The summed E-state index contributed by atoms with van der Waals surface area (Å²) in [5.41, 5.74) is 2.14. The van der Waals surface area contributed by atoms with Gasteiger partial charge in [-0.05, 0) is 36.6 Å². The Kier molecular flexibility index (Phi) is 3.15. The summed E-state index contributed by atoms with van der Waals surface area (Å²) >= 11 is 0. The number of aliphatic hydroxyl groups excluding tert-OH is 1. The van der Waals surface area contributed by atoms with Gasteiger partial charge in [-0.3, -0.25) is 0 Å². The molecule has 1 aliphatic carbocycles. The molecule has 16 heavy (non-hydrogen) atoms. The molecule has 1 atom stereocenters. The first-order chi connectivity index (χ1) is 7.74. The normalized spacial score (nSPS) is 19.4. The minimum Gasteiger partial charge on any atom is -0.497 e. The van der Waals surface area contributed by atoms with Crippen LogP contribution in [-0.4, -0.2) is 25.4 Å². The molecule has 1 unspecified atom stereocenters. The summed E-state index contributed by atoms with van der Waals surface area (Å²) in [7, 11) is 3.29. The molecule has 3 nitrogen and oxygen atoms in total. The molecule has 0 fully saturated rings. The van der Waals surface area contributed by atoms with Crippen molar-refractivity contribution in [3.8, 4) is 11.5 Å². The van der Waals surface area contributed by atoms with Crippen molar-refractivity contribution in [2.75, 3.05) is 14.2 Å². The molecule has 1 aromatic rings. The molecule has 86 valence electrons. The van der Waals surface area contributed by atoms with Crippen LogP contribution in [0.1, 0.15) is 18.4 Å². The molecule has 0 aromatic heterocycles. The molecule has 0 saturated carbocycles. The molecule has 0 aliphatic heterocycles. The Morgan fingerprint density at radius 1 is 1.25 bits per heavy atom. The lowest BCUT2D eigenvalue weighted by Crippen LogP contribution is -1.93. The van der Waals surface area contributed by atoms with Crippen LogP contribution in [0.5, 0.6) is 11.5 Å². The van der Waals surface area contributed by atoms with E-state index in [9.17, 15) is 5.11 Å². The molecule has 0 heterocycles. The summed E-state index contributed by atoms with van der Waals surface area (Å²) in [5.74, 6) is 1.62. The summed E-state index contributed by atoms with van der Waals surface area (Å²) < 4.78 is 10.5. The predicted octanol–water partition coefficient (Wildman–Crippen LogP) is 2.24. The first-order valence-electron chi connectivity index (χ1n) is 5.35. The van der Waals surface area contributed by atoms with Gasteiger partial charge in [-0.15, -0.1) is 0 Å². The van der Waals surface area contributed by atoms with Crippen molar-refractivity contribution in [2.45, 2.75) is 18.9 Å². The van der Waals surface area contributed by atoms with Gasteiger partial charge in [0.1, 0.15) is 11.5 Å². The van der Waals surface area contributed by atoms with Crippen molar-refractivity contribution >= 4 is 5.57 Å². The first-order valence-corrected chi connectivity index (χ1v) is 5.35. The number of allylic oxidation sites excluding steroid dienone is 1. The lowest BCUT2D eigenvalue weighted by molar-refractivity contribution is 0.223. The summed E-state index contributed by atoms with van der Waals surface area (Å²) in [6.07, 6.45) is 3.23. The van der Waals surface area contributed by atoms with Gasteiger partial charge in [-0.2, -0.15) is 0 Å². The Morgan fingerprint density at radius 3 is 2.62 bits per heavy atom. The maximum atomic E-state index is 9.50. The van der Waals surface area contributed by atoms with E-state index in [2.05, 4.69) is 0 Å². The fraction of sp³-hybridized carbons (Fsp3) is 0.385. The third-order valence-electron chi connectivity index (χ3n) is 2.86. The highest BCUT2D eigenvalue weighted by Gasteiger charge is 2.17. The molecule has 0 saturated heterocycles. The highest BCUT2D eigenvalue weighted by Crippen LogP contribution is 2.35. The number of benzene rings is 1. The zero-order chi connectivity index (χ0) is 11.5. The number of hydrogen-bond acceptors (Lipinski definition) is 3. The Labute approximate surface area is 95.3 Å². The standard InChI is InChI=1S/C13H16O3/c1-15-11-5-6-13(16-2)12(8-11)9-3-4-10(14)7-9/h5-8,10,14H,3-4H2,1-2H3. The van der Waals surface area contributed by atoms with E-state index in [1.807, 2.05) is 24.3 Å². The number of methoxy groups -OCH3 is 2. The van der Waals surface area contributed by atoms with Crippen LogP contribution >= 0.6 is 0 Å². The second-order valence-electron chi connectivity index (χ2n) is 3.86. The van der Waals surface area contributed by atoms with E-state index < -0.39 is 0 Å². The third kappa shape index (κ3) is 2.04. The fourth-order valence-corrected chi connectivity index (χ4v) is 1.99. The van der Waals surface area contributed by atoms with Gasteiger partial charge in [0, 0.05) is 5.56 Å². The van der Waals surface area contributed by atoms with Crippen LogP contribution in [0.4, 0.5) is 0 Å². The fourth-order valence-electron chi connectivity index (χ4n) is 1.99. The molecular formula is C13H16O3. The van der Waals surface area contributed by atoms with Gasteiger partial charge in [0.2, 0.25) is 0 Å². The largest absolute Gasteiger partial charge is 0.497 e. The number of hydrogen-bond donors (Lipinski definition) is 1. The molecule has 0 radical (unpaired) electrons. The van der Waals surface area contributed by atoms with E-state index in [0.29, 0.717) is 0 Å². The van der Waals surface area contributed by atoms with Gasteiger partial charge in [0.05, 0.1) is 20.3 Å². The van der Waals surface area contributed by atoms with Crippen LogP contribution in [-0.2, 0) is 0 Å². The molecular weight excluding hydrogens is 204 g/mol. The Hall–Kier alpha value is -1.48. The van der Waals surface area contributed by atoms with E-state index in [0.717, 1.165) is 35.5 Å². The minimum absolute atomic E-state index is 0.328. The van der Waals surface area contributed by atoms with Crippen LogP contribution in [0.25, 0.3) is 5.57 Å². The zero-order valence-corrected chi connectivity index (χ0v) is 9.56. The van der Waals surface area contributed by atoms with E-state index in [1.54, 1.807) is 14.2 Å². The van der Waals surface area contributed by atoms with Gasteiger partial charge in [-0.1, -0.05) is 6.08 Å². The van der Waals surface area contributed by atoms with Gasteiger partial charge < -0.3 is 14.6 Å². The van der Waals surface area contributed by atoms with Crippen molar-refractivity contribution in [1.29, 1.82) is 0 Å². The topological polar surface area (TPSA) is 38.7 Å². The third-order valence-corrected chi connectivity index (χ3v) is 2.86. The molecule has 1 N–H and O–H groups in total. The van der Waals surface area contributed by atoms with Crippen molar-refractivity contribution in [2.24, 2.45) is 0 Å². The smallest absolute Gasteiger partial charge is 0.126 e. The van der Waals surface area contributed by atoms with Gasteiger partial charge in [0.25, 0.3) is 0 Å². The van der Waals surface area contributed by atoms with E-state index in [-0.39, 0.29) is 6.10 Å². The number of rotatable bonds is 3. The van der Waals surface area contributed by atoms with Gasteiger partial charge in [0.15, 0.2) is 0 Å². The summed E-state index contributed by atoms with van der Waals surface area (Å²) in [5, 5.41) is 9.50. The highest BCUT2D eigenvalue weighted by molar-refractivity contribution is 5.73. The van der Waals surface area contributed by atoms with E-state index in [1.165, 1.54) is 0 Å². The molecule has 0 bridgehead atoms. The second kappa shape index (κ2) is 4.58. The van der Waals surface area contributed by atoms with Crippen molar-refractivity contribution in [1.82, 2.24) is 0 Å². The van der Waals surface area contributed by atoms with Crippen LogP contribution in [0.15, 0.2) is 24.3 Å². The molecule has 1 aromatic carbocycles. The molecule has 0 amide bonds. The van der Waals surface area contributed by atoms with E-state index >= 15 is 0 Å². The Balaban J connectivity index is 2.41. The first kappa shape index (κ1) is 11.0.